The Hall–Kier alpha value is -1.97. The fourth-order valence-corrected chi connectivity index (χ4v) is 4.69. The summed E-state index contributed by atoms with van der Waals surface area (Å²) in [5, 5.41) is 3.20. The minimum atomic E-state index is -3.95. The van der Waals surface area contributed by atoms with Gasteiger partial charge in [-0.25, -0.2) is 12.7 Å². The highest BCUT2D eigenvalue weighted by Gasteiger charge is 2.41. The lowest BCUT2D eigenvalue weighted by atomic mass is 10.1. The number of nitrogens with one attached hydrogen (secondary N) is 1. The van der Waals surface area contributed by atoms with Crippen molar-refractivity contribution in [1.82, 2.24) is 14.5 Å². The van der Waals surface area contributed by atoms with Crippen LogP contribution in [-0.4, -0.2) is 75.4 Å². The van der Waals surface area contributed by atoms with Gasteiger partial charge in [0, 0.05) is 38.3 Å². The third-order valence-corrected chi connectivity index (χ3v) is 6.34. The van der Waals surface area contributed by atoms with Crippen LogP contribution in [-0.2, 0) is 14.8 Å². The van der Waals surface area contributed by atoms with Crippen LogP contribution in [0.15, 0.2) is 23.1 Å². The molecule has 1 saturated heterocycles. The average molecular weight is 367 g/mol. The Balaban J connectivity index is 1.93. The fraction of sp³-hybridized carbons (Fsp3) is 0.500. The summed E-state index contributed by atoms with van der Waals surface area (Å²) in [7, 11) is -2.51. The summed E-state index contributed by atoms with van der Waals surface area (Å²) < 4.78 is 30.9. The van der Waals surface area contributed by atoms with Crippen molar-refractivity contribution in [3.05, 3.63) is 29.3 Å². The Morgan fingerprint density at radius 3 is 2.84 bits per heavy atom. The van der Waals surface area contributed by atoms with Crippen molar-refractivity contribution in [2.24, 2.45) is 0 Å². The summed E-state index contributed by atoms with van der Waals surface area (Å²) in [4.78, 5) is 26.7. The number of ether oxygens (including phenoxy) is 1. The zero-order valence-electron chi connectivity index (χ0n) is 14.2. The zero-order chi connectivity index (χ0) is 18.2. The molecule has 0 bridgehead atoms. The molecular weight excluding hydrogens is 346 g/mol. The number of benzene rings is 1. The van der Waals surface area contributed by atoms with Gasteiger partial charge in [-0.3, -0.25) is 9.59 Å². The molecule has 1 fully saturated rings. The number of fused-ring (bicyclic) bond motifs is 1. The molecule has 0 spiro atoms. The van der Waals surface area contributed by atoms with Gasteiger partial charge < -0.3 is 15.0 Å². The van der Waals surface area contributed by atoms with E-state index >= 15 is 0 Å². The minimum absolute atomic E-state index is 0.0194. The van der Waals surface area contributed by atoms with E-state index < -0.39 is 15.9 Å². The van der Waals surface area contributed by atoms with Gasteiger partial charge >= 0.3 is 0 Å². The molecule has 136 valence electrons. The van der Waals surface area contributed by atoms with E-state index in [-0.39, 0.29) is 41.1 Å². The van der Waals surface area contributed by atoms with Gasteiger partial charge in [0.25, 0.3) is 21.8 Å². The number of carbonyl (C=O) groups is 2. The van der Waals surface area contributed by atoms with Crippen LogP contribution in [0, 0.1) is 0 Å². The Labute approximate surface area is 146 Å². The highest BCUT2D eigenvalue weighted by Crippen LogP contribution is 2.31. The molecule has 1 unspecified atom stereocenters. The summed E-state index contributed by atoms with van der Waals surface area (Å²) >= 11 is 0. The maximum absolute atomic E-state index is 12.7. The van der Waals surface area contributed by atoms with Crippen molar-refractivity contribution in [2.75, 3.05) is 39.9 Å². The van der Waals surface area contributed by atoms with Crippen LogP contribution < -0.4 is 5.32 Å². The van der Waals surface area contributed by atoms with Gasteiger partial charge in [-0.05, 0) is 25.1 Å². The smallest absolute Gasteiger partial charge is 0.269 e. The van der Waals surface area contributed by atoms with Gasteiger partial charge in [0.2, 0.25) is 0 Å². The topological polar surface area (TPSA) is 96.0 Å². The van der Waals surface area contributed by atoms with Gasteiger partial charge in [0.1, 0.15) is 4.90 Å². The molecular formula is C16H21N3O5S. The van der Waals surface area contributed by atoms with E-state index in [1.54, 1.807) is 4.90 Å². The molecule has 3 rings (SSSR count). The van der Waals surface area contributed by atoms with Crippen molar-refractivity contribution in [3.8, 4) is 0 Å². The first-order valence-corrected chi connectivity index (χ1v) is 9.53. The number of piperazine rings is 1. The van der Waals surface area contributed by atoms with E-state index in [1.165, 1.54) is 25.3 Å². The number of methoxy groups -OCH3 is 1. The van der Waals surface area contributed by atoms with Crippen LogP contribution in [0.4, 0.5) is 0 Å². The molecule has 25 heavy (non-hydrogen) atoms. The third-order valence-electron chi connectivity index (χ3n) is 4.51. The summed E-state index contributed by atoms with van der Waals surface area (Å²) in [5.74, 6) is -0.809. The molecule has 2 aliphatic heterocycles. The lowest BCUT2D eigenvalue weighted by Crippen LogP contribution is -2.52. The predicted molar refractivity (Wildman–Crippen MR) is 89.9 cm³/mol. The van der Waals surface area contributed by atoms with Crippen LogP contribution in [0.1, 0.15) is 27.6 Å². The second-order valence-corrected chi connectivity index (χ2v) is 7.97. The van der Waals surface area contributed by atoms with Gasteiger partial charge in [-0.1, -0.05) is 0 Å². The first-order valence-electron chi connectivity index (χ1n) is 8.09. The van der Waals surface area contributed by atoms with E-state index in [0.29, 0.717) is 19.6 Å². The van der Waals surface area contributed by atoms with Crippen molar-refractivity contribution < 1.29 is 22.7 Å². The molecule has 2 amide bonds. The molecule has 0 saturated carbocycles. The van der Waals surface area contributed by atoms with Gasteiger partial charge in [-0.2, -0.15) is 0 Å². The standard InChI is InChI=1S/C16H21N3O5S/c1-11-10-17-5-6-18(11)15(20)12-3-4-13-14(9-12)25(22,23)19(16(13)21)7-8-24-2/h3-4,9,11,17H,5-8,10H2,1-2H3. The second kappa shape index (κ2) is 6.74. The molecule has 1 aromatic carbocycles. The normalized spacial score (nSPS) is 22.2. The number of amides is 2. The second-order valence-electron chi connectivity index (χ2n) is 6.14. The van der Waals surface area contributed by atoms with E-state index in [1.807, 2.05) is 6.92 Å². The largest absolute Gasteiger partial charge is 0.383 e. The quantitative estimate of drug-likeness (QED) is 0.799. The fourth-order valence-electron chi connectivity index (χ4n) is 3.11. The Morgan fingerprint density at radius 2 is 2.16 bits per heavy atom. The number of nitrogens with zero attached hydrogens (tertiary/aromatic N) is 2. The lowest BCUT2D eigenvalue weighted by molar-refractivity contribution is 0.0655. The highest BCUT2D eigenvalue weighted by atomic mass is 32.2. The lowest BCUT2D eigenvalue weighted by Gasteiger charge is -2.34. The molecule has 1 aromatic rings. The number of hydrogen-bond donors (Lipinski definition) is 1. The van der Waals surface area contributed by atoms with Gasteiger partial charge in [0.15, 0.2) is 0 Å². The van der Waals surface area contributed by atoms with Crippen LogP contribution >= 0.6 is 0 Å². The van der Waals surface area contributed by atoms with E-state index in [0.717, 1.165) is 4.31 Å². The molecule has 8 nitrogen and oxygen atoms in total. The number of rotatable bonds is 4. The predicted octanol–water partition coefficient (Wildman–Crippen LogP) is -0.0886. The SMILES string of the molecule is COCCN1C(=O)c2ccc(C(=O)N3CCNCC3C)cc2S1(=O)=O. The summed E-state index contributed by atoms with van der Waals surface area (Å²) in [6, 6.07) is 4.27. The molecule has 9 heteroatoms. The first-order chi connectivity index (χ1) is 11.9. The van der Waals surface area contributed by atoms with Crippen LogP contribution in [0.25, 0.3) is 0 Å². The Kier molecular flexibility index (Phi) is 4.81. The molecule has 1 N–H and O–H groups in total. The van der Waals surface area contributed by atoms with Crippen LogP contribution in [0.3, 0.4) is 0 Å². The summed E-state index contributed by atoms with van der Waals surface area (Å²) in [5.41, 5.74) is 0.374. The molecule has 2 aliphatic rings. The number of carbonyl (C=O) groups excluding carboxylic acids is 2. The van der Waals surface area contributed by atoms with Crippen LogP contribution in [0.2, 0.25) is 0 Å². The number of sulfonamides is 1. The van der Waals surface area contributed by atoms with E-state index in [4.69, 9.17) is 4.74 Å². The third kappa shape index (κ3) is 3.03. The highest BCUT2D eigenvalue weighted by molar-refractivity contribution is 7.90. The first kappa shape index (κ1) is 17.8. The zero-order valence-corrected chi connectivity index (χ0v) is 15.0. The molecule has 0 radical (unpaired) electrons. The Bertz CT molecular complexity index is 808. The van der Waals surface area contributed by atoms with Crippen molar-refractivity contribution in [3.63, 3.8) is 0 Å². The van der Waals surface area contributed by atoms with Crippen LogP contribution in [0.5, 0.6) is 0 Å². The summed E-state index contributed by atoms with van der Waals surface area (Å²) in [6.07, 6.45) is 0. The van der Waals surface area contributed by atoms with E-state index in [2.05, 4.69) is 5.32 Å². The van der Waals surface area contributed by atoms with Gasteiger partial charge in [-0.15, -0.1) is 0 Å². The number of hydrogen-bond acceptors (Lipinski definition) is 6. The van der Waals surface area contributed by atoms with Crippen molar-refractivity contribution in [1.29, 1.82) is 0 Å². The monoisotopic (exact) mass is 367 g/mol. The molecule has 0 aromatic heterocycles. The minimum Gasteiger partial charge on any atom is -0.383 e. The average Bonchev–Trinajstić information content (AvgIpc) is 2.79. The molecule has 1 atom stereocenters. The van der Waals surface area contributed by atoms with Gasteiger partial charge in [0.05, 0.1) is 18.7 Å². The van der Waals surface area contributed by atoms with Crippen molar-refractivity contribution >= 4 is 21.8 Å². The van der Waals surface area contributed by atoms with E-state index in [9.17, 15) is 18.0 Å². The Morgan fingerprint density at radius 1 is 1.40 bits per heavy atom. The summed E-state index contributed by atoms with van der Waals surface area (Å²) in [6.45, 7) is 3.95. The molecule has 2 heterocycles. The maximum atomic E-state index is 12.7. The maximum Gasteiger partial charge on any atom is 0.269 e. The van der Waals surface area contributed by atoms with Crippen molar-refractivity contribution in [2.45, 2.75) is 17.9 Å². The molecule has 0 aliphatic carbocycles.